The van der Waals surface area contributed by atoms with Crippen LogP contribution in [-0.4, -0.2) is 54.9 Å². The first-order valence-corrected chi connectivity index (χ1v) is 7.06. The van der Waals surface area contributed by atoms with Gasteiger partial charge in [0.25, 0.3) is 0 Å². The van der Waals surface area contributed by atoms with Crippen molar-refractivity contribution in [3.63, 3.8) is 0 Å². The molecule has 2 N–H and O–H groups in total. The summed E-state index contributed by atoms with van der Waals surface area (Å²) in [6.07, 6.45) is 0.613. The standard InChI is InChI=1S/C15H22N2O3.ClH/c18-15(19)14(6-7-17-8-10-20-11-9-17)16-12-13-4-2-1-3-5-13;/h1-5,14,16H,6-12H2,(H,18,19);1H. The van der Waals surface area contributed by atoms with Crippen LogP contribution in [0.5, 0.6) is 0 Å². The molecule has 0 amide bonds. The number of hydrogen-bond donors (Lipinski definition) is 2. The molecule has 6 heteroatoms. The number of benzene rings is 1. The first kappa shape index (κ1) is 17.9. The number of halogens is 1. The summed E-state index contributed by atoms with van der Waals surface area (Å²) in [5.41, 5.74) is 1.10. The Balaban J connectivity index is 0.00000220. The highest BCUT2D eigenvalue weighted by atomic mass is 35.5. The lowest BCUT2D eigenvalue weighted by molar-refractivity contribution is -0.139. The number of hydrogen-bond acceptors (Lipinski definition) is 4. The van der Waals surface area contributed by atoms with Crippen LogP contribution in [0.25, 0.3) is 0 Å². The number of aliphatic carboxylic acids is 1. The van der Waals surface area contributed by atoms with Crippen LogP contribution in [0.15, 0.2) is 30.3 Å². The normalized spacial score (nSPS) is 17.0. The quantitative estimate of drug-likeness (QED) is 0.796. The zero-order valence-corrected chi connectivity index (χ0v) is 12.8. The second kappa shape index (κ2) is 9.73. The lowest BCUT2D eigenvalue weighted by Gasteiger charge is -2.27. The molecule has 1 aliphatic rings. The number of nitrogens with one attached hydrogen (secondary N) is 1. The predicted octanol–water partition coefficient (Wildman–Crippen LogP) is 1.37. The minimum Gasteiger partial charge on any atom is -0.480 e. The molecule has 0 saturated carbocycles. The first-order valence-electron chi connectivity index (χ1n) is 7.06. The van der Waals surface area contributed by atoms with Gasteiger partial charge in [0, 0.05) is 26.2 Å². The number of nitrogens with zero attached hydrogens (tertiary/aromatic N) is 1. The molecule has 1 aliphatic heterocycles. The van der Waals surface area contributed by atoms with E-state index >= 15 is 0 Å². The fourth-order valence-corrected chi connectivity index (χ4v) is 2.29. The Labute approximate surface area is 131 Å². The zero-order valence-electron chi connectivity index (χ0n) is 12.0. The molecule has 118 valence electrons. The van der Waals surface area contributed by atoms with Gasteiger partial charge in [-0.25, -0.2) is 0 Å². The maximum atomic E-state index is 11.3. The van der Waals surface area contributed by atoms with Crippen LogP contribution >= 0.6 is 12.4 Å². The Bertz CT molecular complexity index is 411. The van der Waals surface area contributed by atoms with Crippen LogP contribution in [0.3, 0.4) is 0 Å². The highest BCUT2D eigenvalue weighted by Gasteiger charge is 2.19. The molecule has 5 nitrogen and oxygen atoms in total. The number of carbonyl (C=O) groups is 1. The smallest absolute Gasteiger partial charge is 0.320 e. The van der Waals surface area contributed by atoms with Gasteiger partial charge >= 0.3 is 5.97 Å². The molecular formula is C15H23ClN2O3. The van der Waals surface area contributed by atoms with E-state index in [-0.39, 0.29) is 12.4 Å². The Morgan fingerprint density at radius 1 is 1.29 bits per heavy atom. The molecule has 0 bridgehead atoms. The van der Waals surface area contributed by atoms with Crippen molar-refractivity contribution in [3.05, 3.63) is 35.9 Å². The summed E-state index contributed by atoms with van der Waals surface area (Å²) in [4.78, 5) is 13.5. The lowest BCUT2D eigenvalue weighted by atomic mass is 10.1. The first-order chi connectivity index (χ1) is 9.75. The number of rotatable bonds is 7. The number of morpholine rings is 1. The number of ether oxygens (including phenoxy) is 1. The van der Waals surface area contributed by atoms with Gasteiger partial charge in [0.2, 0.25) is 0 Å². The molecule has 1 fully saturated rings. The van der Waals surface area contributed by atoms with Crippen LogP contribution in [-0.2, 0) is 16.1 Å². The van der Waals surface area contributed by atoms with Crippen molar-refractivity contribution in [1.82, 2.24) is 10.2 Å². The summed E-state index contributed by atoms with van der Waals surface area (Å²) in [6, 6.07) is 9.36. The van der Waals surface area contributed by atoms with Crippen molar-refractivity contribution < 1.29 is 14.6 Å². The molecule has 0 spiro atoms. The van der Waals surface area contributed by atoms with E-state index < -0.39 is 12.0 Å². The van der Waals surface area contributed by atoms with Crippen molar-refractivity contribution >= 4 is 18.4 Å². The fraction of sp³-hybridized carbons (Fsp3) is 0.533. The van der Waals surface area contributed by atoms with Gasteiger partial charge in [-0.3, -0.25) is 9.69 Å². The second-order valence-electron chi connectivity index (χ2n) is 5.00. The molecule has 1 aromatic carbocycles. The summed E-state index contributed by atoms with van der Waals surface area (Å²) in [6.45, 7) is 4.66. The predicted molar refractivity (Wildman–Crippen MR) is 83.8 cm³/mol. The van der Waals surface area contributed by atoms with Gasteiger partial charge in [-0.1, -0.05) is 30.3 Å². The van der Waals surface area contributed by atoms with Crippen molar-refractivity contribution in [1.29, 1.82) is 0 Å². The van der Waals surface area contributed by atoms with Crippen LogP contribution in [0.4, 0.5) is 0 Å². The van der Waals surface area contributed by atoms with E-state index in [0.717, 1.165) is 38.4 Å². The molecular weight excluding hydrogens is 292 g/mol. The molecule has 1 aromatic rings. The molecule has 1 unspecified atom stereocenters. The number of carboxylic acid groups (broad SMARTS) is 1. The monoisotopic (exact) mass is 314 g/mol. The summed E-state index contributed by atoms with van der Waals surface area (Å²) in [5, 5.41) is 12.4. The van der Waals surface area contributed by atoms with E-state index in [1.54, 1.807) is 0 Å². The van der Waals surface area contributed by atoms with Crippen LogP contribution in [0.2, 0.25) is 0 Å². The van der Waals surface area contributed by atoms with Gasteiger partial charge < -0.3 is 15.2 Å². The molecule has 0 aliphatic carbocycles. The van der Waals surface area contributed by atoms with E-state index in [1.807, 2.05) is 30.3 Å². The van der Waals surface area contributed by atoms with Crippen molar-refractivity contribution in [2.45, 2.75) is 19.0 Å². The van der Waals surface area contributed by atoms with E-state index in [0.29, 0.717) is 13.0 Å². The van der Waals surface area contributed by atoms with Gasteiger partial charge in [-0.05, 0) is 12.0 Å². The summed E-state index contributed by atoms with van der Waals surface area (Å²) >= 11 is 0. The fourth-order valence-electron chi connectivity index (χ4n) is 2.29. The maximum Gasteiger partial charge on any atom is 0.320 e. The Kier molecular flexibility index (Phi) is 8.30. The highest BCUT2D eigenvalue weighted by molar-refractivity contribution is 5.85. The Hall–Kier alpha value is -1.14. The van der Waals surface area contributed by atoms with E-state index in [9.17, 15) is 9.90 Å². The third-order valence-corrected chi connectivity index (χ3v) is 3.53. The highest BCUT2D eigenvalue weighted by Crippen LogP contribution is 2.03. The largest absolute Gasteiger partial charge is 0.480 e. The lowest BCUT2D eigenvalue weighted by Crippen LogP contribution is -2.42. The molecule has 0 radical (unpaired) electrons. The van der Waals surface area contributed by atoms with Crippen LogP contribution in [0, 0.1) is 0 Å². The minimum absolute atomic E-state index is 0. The van der Waals surface area contributed by atoms with E-state index in [1.165, 1.54) is 0 Å². The van der Waals surface area contributed by atoms with Crippen molar-refractivity contribution in [3.8, 4) is 0 Å². The zero-order chi connectivity index (χ0) is 14.2. The SMILES string of the molecule is Cl.O=C(O)C(CCN1CCOCC1)NCc1ccccc1. The Morgan fingerprint density at radius 3 is 2.57 bits per heavy atom. The van der Waals surface area contributed by atoms with Gasteiger partial charge in [0.15, 0.2) is 0 Å². The van der Waals surface area contributed by atoms with E-state index in [2.05, 4.69) is 10.2 Å². The van der Waals surface area contributed by atoms with Crippen molar-refractivity contribution in [2.24, 2.45) is 0 Å². The molecule has 1 heterocycles. The topological polar surface area (TPSA) is 61.8 Å². The molecule has 21 heavy (non-hydrogen) atoms. The van der Waals surface area contributed by atoms with E-state index in [4.69, 9.17) is 4.74 Å². The average Bonchev–Trinajstić information content (AvgIpc) is 2.49. The van der Waals surface area contributed by atoms with Crippen LogP contribution in [0.1, 0.15) is 12.0 Å². The summed E-state index contributed by atoms with van der Waals surface area (Å²) < 4.78 is 5.29. The molecule has 0 aromatic heterocycles. The minimum atomic E-state index is -0.783. The third kappa shape index (κ3) is 6.44. The van der Waals surface area contributed by atoms with Crippen LogP contribution < -0.4 is 5.32 Å². The number of carboxylic acids is 1. The average molecular weight is 315 g/mol. The Morgan fingerprint density at radius 2 is 1.95 bits per heavy atom. The molecule has 1 saturated heterocycles. The van der Waals surface area contributed by atoms with Gasteiger partial charge in [-0.15, -0.1) is 12.4 Å². The van der Waals surface area contributed by atoms with Gasteiger partial charge in [0.1, 0.15) is 6.04 Å². The summed E-state index contributed by atoms with van der Waals surface area (Å²) in [5.74, 6) is -0.783. The van der Waals surface area contributed by atoms with Gasteiger partial charge in [-0.2, -0.15) is 0 Å². The second-order valence-corrected chi connectivity index (χ2v) is 5.00. The van der Waals surface area contributed by atoms with Gasteiger partial charge in [0.05, 0.1) is 13.2 Å². The molecule has 1 atom stereocenters. The summed E-state index contributed by atoms with van der Waals surface area (Å²) in [7, 11) is 0. The van der Waals surface area contributed by atoms with Crippen molar-refractivity contribution in [2.75, 3.05) is 32.8 Å². The third-order valence-electron chi connectivity index (χ3n) is 3.53. The molecule has 2 rings (SSSR count). The maximum absolute atomic E-state index is 11.3.